The normalized spacial score (nSPS) is 11.5. The maximum atomic E-state index is 13.4. The van der Waals surface area contributed by atoms with Gasteiger partial charge in [-0.25, -0.2) is 9.07 Å². The van der Waals surface area contributed by atoms with Crippen LogP contribution in [0.2, 0.25) is 0 Å². The molecule has 1 aromatic heterocycles. The van der Waals surface area contributed by atoms with E-state index in [1.54, 1.807) is 0 Å². The average Bonchev–Trinajstić information content (AvgIpc) is 2.96. The Hall–Kier alpha value is -2.68. The van der Waals surface area contributed by atoms with Gasteiger partial charge >= 0.3 is 0 Å². The van der Waals surface area contributed by atoms with Gasteiger partial charge < -0.3 is 0 Å². The minimum Gasteiger partial charge on any atom is -0.232 e. The van der Waals surface area contributed by atoms with Crippen molar-refractivity contribution in [1.29, 1.82) is 0 Å². The lowest BCUT2D eigenvalue weighted by atomic mass is 9.99. The molecule has 0 bridgehead atoms. The number of rotatable bonds is 4. The van der Waals surface area contributed by atoms with Crippen molar-refractivity contribution in [3.05, 3.63) is 77.7 Å². The second kappa shape index (κ2) is 6.83. The van der Waals surface area contributed by atoms with Crippen LogP contribution in [-0.4, -0.2) is 9.78 Å². The number of para-hydroxylation sites is 1. The van der Waals surface area contributed by atoms with E-state index in [-0.39, 0.29) is 5.82 Å². The van der Waals surface area contributed by atoms with Crippen molar-refractivity contribution in [3.63, 3.8) is 0 Å². The first-order valence-electron chi connectivity index (χ1n) is 8.18. The Morgan fingerprint density at radius 1 is 1.00 bits per heavy atom. The fourth-order valence-electron chi connectivity index (χ4n) is 2.85. The maximum Gasteiger partial charge on any atom is 0.123 e. The van der Waals surface area contributed by atoms with E-state index in [4.69, 9.17) is 5.10 Å². The smallest absolute Gasteiger partial charge is 0.123 e. The van der Waals surface area contributed by atoms with E-state index in [0.717, 1.165) is 28.2 Å². The summed E-state index contributed by atoms with van der Waals surface area (Å²) in [5.41, 5.74) is 5.06. The Balaban J connectivity index is 2.32. The van der Waals surface area contributed by atoms with Crippen LogP contribution < -0.4 is 0 Å². The first-order valence-corrected chi connectivity index (χ1v) is 8.18. The van der Waals surface area contributed by atoms with Crippen LogP contribution in [0, 0.1) is 5.82 Å². The van der Waals surface area contributed by atoms with E-state index in [0.29, 0.717) is 5.92 Å². The predicted octanol–water partition coefficient (Wildman–Crippen LogP) is 5.83. The standard InChI is InChI=1S/C21H21FN2/c1-4-8-19-20(15(2)3)23-24(18-9-6-5-7-10-18)21(19)16-11-13-17(22)14-12-16/h4-15H,1-3H3/b8-4+. The molecule has 2 aromatic carbocycles. The summed E-state index contributed by atoms with van der Waals surface area (Å²) in [7, 11) is 0. The van der Waals surface area contributed by atoms with Gasteiger partial charge in [-0.05, 0) is 49.2 Å². The Morgan fingerprint density at radius 2 is 1.67 bits per heavy atom. The molecule has 0 saturated heterocycles. The topological polar surface area (TPSA) is 17.8 Å². The molecule has 0 atom stereocenters. The molecule has 3 aromatic rings. The van der Waals surface area contributed by atoms with E-state index >= 15 is 0 Å². The van der Waals surface area contributed by atoms with Crippen LogP contribution in [-0.2, 0) is 0 Å². The van der Waals surface area contributed by atoms with Gasteiger partial charge in [-0.1, -0.05) is 44.2 Å². The van der Waals surface area contributed by atoms with E-state index < -0.39 is 0 Å². The first kappa shape index (κ1) is 16.2. The molecular weight excluding hydrogens is 299 g/mol. The van der Waals surface area contributed by atoms with E-state index in [1.165, 1.54) is 12.1 Å². The van der Waals surface area contributed by atoms with Crippen molar-refractivity contribution in [2.45, 2.75) is 26.7 Å². The minimum atomic E-state index is -0.235. The van der Waals surface area contributed by atoms with Crippen molar-refractivity contribution in [1.82, 2.24) is 9.78 Å². The van der Waals surface area contributed by atoms with Gasteiger partial charge in [0.1, 0.15) is 5.82 Å². The number of hydrogen-bond acceptors (Lipinski definition) is 1. The summed E-state index contributed by atoms with van der Waals surface area (Å²) in [6, 6.07) is 16.6. The summed E-state index contributed by atoms with van der Waals surface area (Å²) in [4.78, 5) is 0. The number of allylic oxidation sites excluding steroid dienone is 1. The lowest BCUT2D eigenvalue weighted by Crippen LogP contribution is -2.00. The highest BCUT2D eigenvalue weighted by Crippen LogP contribution is 2.33. The molecule has 0 amide bonds. The van der Waals surface area contributed by atoms with Gasteiger partial charge in [0.15, 0.2) is 0 Å². The Morgan fingerprint density at radius 3 is 2.25 bits per heavy atom. The van der Waals surface area contributed by atoms with Gasteiger partial charge in [-0.2, -0.15) is 5.10 Å². The number of hydrogen-bond donors (Lipinski definition) is 0. The van der Waals surface area contributed by atoms with Crippen molar-refractivity contribution in [3.8, 4) is 16.9 Å². The summed E-state index contributed by atoms with van der Waals surface area (Å²) >= 11 is 0. The van der Waals surface area contributed by atoms with Crippen LogP contribution in [0.5, 0.6) is 0 Å². The molecule has 3 heteroatoms. The summed E-state index contributed by atoms with van der Waals surface area (Å²) < 4.78 is 15.3. The summed E-state index contributed by atoms with van der Waals surface area (Å²) in [6.45, 7) is 6.27. The molecule has 1 heterocycles. The van der Waals surface area contributed by atoms with Crippen LogP contribution in [0.3, 0.4) is 0 Å². The molecule has 0 radical (unpaired) electrons. The van der Waals surface area contributed by atoms with Crippen LogP contribution in [0.4, 0.5) is 4.39 Å². The molecule has 0 fully saturated rings. The van der Waals surface area contributed by atoms with Crippen LogP contribution in [0.25, 0.3) is 23.0 Å². The van der Waals surface area contributed by atoms with Gasteiger partial charge in [0.25, 0.3) is 0 Å². The van der Waals surface area contributed by atoms with Crippen molar-refractivity contribution < 1.29 is 4.39 Å². The van der Waals surface area contributed by atoms with Crippen LogP contribution in [0.1, 0.15) is 37.9 Å². The SMILES string of the molecule is C/C=C/c1c(C(C)C)nn(-c2ccccc2)c1-c1ccc(F)cc1. The number of aromatic nitrogens is 2. The maximum absolute atomic E-state index is 13.4. The third-order valence-electron chi connectivity index (χ3n) is 3.95. The average molecular weight is 320 g/mol. The van der Waals surface area contributed by atoms with Gasteiger partial charge in [-0.15, -0.1) is 0 Å². The number of halogens is 1. The zero-order chi connectivity index (χ0) is 17.1. The number of benzene rings is 2. The lowest BCUT2D eigenvalue weighted by Gasteiger charge is -2.09. The van der Waals surface area contributed by atoms with Crippen LogP contribution >= 0.6 is 0 Å². The van der Waals surface area contributed by atoms with Gasteiger partial charge in [-0.3, -0.25) is 0 Å². The van der Waals surface area contributed by atoms with Gasteiger partial charge in [0.2, 0.25) is 0 Å². The summed E-state index contributed by atoms with van der Waals surface area (Å²) in [5.74, 6) is 0.0570. The van der Waals surface area contributed by atoms with E-state index in [9.17, 15) is 4.39 Å². The van der Waals surface area contributed by atoms with Crippen molar-refractivity contribution in [2.75, 3.05) is 0 Å². The molecule has 0 aliphatic rings. The molecule has 2 nitrogen and oxygen atoms in total. The summed E-state index contributed by atoms with van der Waals surface area (Å²) in [5, 5.41) is 4.87. The van der Waals surface area contributed by atoms with Gasteiger partial charge in [0.05, 0.1) is 17.1 Å². The number of nitrogens with zero attached hydrogens (tertiary/aromatic N) is 2. The third-order valence-corrected chi connectivity index (χ3v) is 3.95. The highest BCUT2D eigenvalue weighted by molar-refractivity contribution is 5.75. The molecule has 122 valence electrons. The van der Waals surface area contributed by atoms with E-state index in [1.807, 2.05) is 60.1 Å². The molecule has 0 unspecified atom stereocenters. The van der Waals surface area contributed by atoms with Crippen molar-refractivity contribution >= 4 is 6.08 Å². The fraction of sp³-hybridized carbons (Fsp3) is 0.190. The highest BCUT2D eigenvalue weighted by atomic mass is 19.1. The molecule has 0 aliphatic heterocycles. The lowest BCUT2D eigenvalue weighted by molar-refractivity contribution is 0.628. The minimum absolute atomic E-state index is 0.235. The molecule has 0 spiro atoms. The molecule has 0 N–H and O–H groups in total. The van der Waals surface area contributed by atoms with Crippen molar-refractivity contribution in [2.24, 2.45) is 0 Å². The summed E-state index contributed by atoms with van der Waals surface area (Å²) in [6.07, 6.45) is 4.10. The predicted molar refractivity (Wildman–Crippen MR) is 97.8 cm³/mol. The molecule has 24 heavy (non-hydrogen) atoms. The fourth-order valence-corrected chi connectivity index (χ4v) is 2.85. The molecule has 0 saturated carbocycles. The monoisotopic (exact) mass is 320 g/mol. The van der Waals surface area contributed by atoms with Crippen LogP contribution in [0.15, 0.2) is 60.7 Å². The zero-order valence-electron chi connectivity index (χ0n) is 14.2. The second-order valence-electron chi connectivity index (χ2n) is 6.06. The second-order valence-corrected chi connectivity index (χ2v) is 6.06. The molecule has 3 rings (SSSR count). The highest BCUT2D eigenvalue weighted by Gasteiger charge is 2.20. The Kier molecular flexibility index (Phi) is 4.61. The zero-order valence-corrected chi connectivity index (χ0v) is 14.2. The first-order chi connectivity index (χ1) is 11.6. The quantitative estimate of drug-likeness (QED) is 0.591. The largest absolute Gasteiger partial charge is 0.232 e. The molecule has 0 aliphatic carbocycles. The van der Waals surface area contributed by atoms with Gasteiger partial charge in [0, 0.05) is 11.1 Å². The Labute approximate surface area is 142 Å². The molecular formula is C21H21FN2. The Bertz CT molecular complexity index is 844. The third kappa shape index (κ3) is 3.02. The van der Waals surface area contributed by atoms with E-state index in [2.05, 4.69) is 19.9 Å².